The van der Waals surface area contributed by atoms with Crippen LogP contribution in [-0.2, 0) is 0 Å². The van der Waals surface area contributed by atoms with Gasteiger partial charge in [-0.1, -0.05) is 23.7 Å². The monoisotopic (exact) mass is 290 g/mol. The molecule has 104 valence electrons. The highest BCUT2D eigenvalue weighted by Crippen LogP contribution is 2.27. The Labute approximate surface area is 122 Å². The number of methoxy groups -OCH3 is 1. The summed E-state index contributed by atoms with van der Waals surface area (Å²) >= 11 is 6.06. The SMILES string of the molecule is COc1cccc(N(C)C(=O)c2c(N)cccc2Cl)c1. The maximum Gasteiger partial charge on any atom is 0.261 e. The van der Waals surface area contributed by atoms with E-state index in [9.17, 15) is 4.79 Å². The Balaban J connectivity index is 2.37. The maximum atomic E-state index is 12.5. The minimum atomic E-state index is -0.263. The van der Waals surface area contributed by atoms with Crippen molar-refractivity contribution < 1.29 is 9.53 Å². The van der Waals surface area contributed by atoms with Crippen LogP contribution in [0.1, 0.15) is 10.4 Å². The minimum absolute atomic E-state index is 0.263. The van der Waals surface area contributed by atoms with Gasteiger partial charge < -0.3 is 15.4 Å². The minimum Gasteiger partial charge on any atom is -0.497 e. The molecule has 0 fully saturated rings. The number of hydrogen-bond donors (Lipinski definition) is 1. The number of benzene rings is 2. The van der Waals surface area contributed by atoms with E-state index >= 15 is 0 Å². The summed E-state index contributed by atoms with van der Waals surface area (Å²) in [5, 5.41) is 0.338. The second-order valence-corrected chi connectivity index (χ2v) is 4.68. The van der Waals surface area contributed by atoms with E-state index < -0.39 is 0 Å². The highest BCUT2D eigenvalue weighted by atomic mass is 35.5. The van der Waals surface area contributed by atoms with Gasteiger partial charge in [0.25, 0.3) is 5.91 Å². The van der Waals surface area contributed by atoms with Gasteiger partial charge in [0.15, 0.2) is 0 Å². The van der Waals surface area contributed by atoms with Crippen molar-refractivity contribution in [3.63, 3.8) is 0 Å². The number of ether oxygens (including phenoxy) is 1. The van der Waals surface area contributed by atoms with Crippen molar-refractivity contribution >= 4 is 28.9 Å². The Morgan fingerprint density at radius 2 is 1.95 bits per heavy atom. The number of amides is 1. The Kier molecular flexibility index (Phi) is 4.15. The lowest BCUT2D eigenvalue weighted by atomic mass is 10.1. The van der Waals surface area contributed by atoms with Gasteiger partial charge in [-0.25, -0.2) is 0 Å². The van der Waals surface area contributed by atoms with Crippen molar-refractivity contribution in [1.82, 2.24) is 0 Å². The summed E-state index contributed by atoms with van der Waals surface area (Å²) in [7, 11) is 3.24. The van der Waals surface area contributed by atoms with Crippen LogP contribution >= 0.6 is 11.6 Å². The molecule has 0 bridgehead atoms. The molecule has 0 spiro atoms. The number of rotatable bonds is 3. The molecule has 2 aromatic rings. The largest absolute Gasteiger partial charge is 0.497 e. The smallest absolute Gasteiger partial charge is 0.261 e. The molecule has 2 rings (SSSR count). The molecular weight excluding hydrogens is 276 g/mol. The van der Waals surface area contributed by atoms with Crippen molar-refractivity contribution in [1.29, 1.82) is 0 Å². The van der Waals surface area contributed by atoms with E-state index in [0.29, 0.717) is 27.7 Å². The molecule has 4 nitrogen and oxygen atoms in total. The maximum absolute atomic E-state index is 12.5. The molecule has 1 amide bonds. The predicted molar refractivity (Wildman–Crippen MR) is 81.6 cm³/mol. The lowest BCUT2D eigenvalue weighted by molar-refractivity contribution is 0.0994. The molecule has 2 aromatic carbocycles. The summed E-state index contributed by atoms with van der Waals surface area (Å²) in [6.07, 6.45) is 0. The van der Waals surface area contributed by atoms with Gasteiger partial charge in [0.2, 0.25) is 0 Å². The molecule has 0 aliphatic rings. The van der Waals surface area contributed by atoms with Gasteiger partial charge in [0.05, 0.1) is 17.7 Å². The number of nitrogens with two attached hydrogens (primary N) is 1. The number of anilines is 2. The van der Waals surface area contributed by atoms with Gasteiger partial charge in [-0.3, -0.25) is 4.79 Å². The summed E-state index contributed by atoms with van der Waals surface area (Å²) in [5.41, 5.74) is 7.20. The first-order valence-corrected chi connectivity index (χ1v) is 6.38. The normalized spacial score (nSPS) is 10.2. The lowest BCUT2D eigenvalue weighted by Crippen LogP contribution is -2.27. The van der Waals surface area contributed by atoms with Crippen LogP contribution in [0.4, 0.5) is 11.4 Å². The Morgan fingerprint density at radius 3 is 2.60 bits per heavy atom. The van der Waals surface area contributed by atoms with Crippen LogP contribution in [0.2, 0.25) is 5.02 Å². The van der Waals surface area contributed by atoms with E-state index in [1.54, 1.807) is 38.4 Å². The molecule has 0 unspecified atom stereocenters. The van der Waals surface area contributed by atoms with Crippen molar-refractivity contribution in [2.45, 2.75) is 0 Å². The molecule has 0 radical (unpaired) electrons. The predicted octanol–water partition coefficient (Wildman–Crippen LogP) is 3.21. The summed E-state index contributed by atoms with van der Waals surface area (Å²) < 4.78 is 5.15. The van der Waals surface area contributed by atoms with Crippen molar-refractivity contribution in [3.8, 4) is 5.75 Å². The molecule has 2 N–H and O–H groups in total. The summed E-state index contributed by atoms with van der Waals surface area (Å²) in [5.74, 6) is 0.413. The van der Waals surface area contributed by atoms with Gasteiger partial charge in [0, 0.05) is 24.5 Å². The van der Waals surface area contributed by atoms with Crippen LogP contribution in [0.5, 0.6) is 5.75 Å². The zero-order valence-electron chi connectivity index (χ0n) is 11.3. The molecule has 0 saturated heterocycles. The van der Waals surface area contributed by atoms with Gasteiger partial charge in [-0.15, -0.1) is 0 Å². The molecule has 5 heteroatoms. The van der Waals surface area contributed by atoms with Crippen molar-refractivity contribution in [2.24, 2.45) is 0 Å². The Hall–Kier alpha value is -2.20. The average Bonchev–Trinajstić information content (AvgIpc) is 2.46. The third-order valence-corrected chi connectivity index (χ3v) is 3.32. The second kappa shape index (κ2) is 5.84. The van der Waals surface area contributed by atoms with E-state index in [0.717, 1.165) is 0 Å². The van der Waals surface area contributed by atoms with E-state index in [1.807, 2.05) is 18.2 Å². The number of carbonyl (C=O) groups excluding carboxylic acids is 1. The van der Waals surface area contributed by atoms with E-state index in [-0.39, 0.29) is 5.91 Å². The Bertz CT molecular complexity index is 623. The topological polar surface area (TPSA) is 55.6 Å². The van der Waals surface area contributed by atoms with Gasteiger partial charge in [-0.05, 0) is 24.3 Å². The first kappa shape index (κ1) is 14.2. The van der Waals surface area contributed by atoms with Crippen LogP contribution in [-0.4, -0.2) is 20.1 Å². The van der Waals surface area contributed by atoms with Gasteiger partial charge in [-0.2, -0.15) is 0 Å². The fourth-order valence-corrected chi connectivity index (χ4v) is 2.13. The number of nitrogens with zero attached hydrogens (tertiary/aromatic N) is 1. The molecule has 20 heavy (non-hydrogen) atoms. The lowest BCUT2D eigenvalue weighted by Gasteiger charge is -2.19. The van der Waals surface area contributed by atoms with Crippen LogP contribution < -0.4 is 15.4 Å². The second-order valence-electron chi connectivity index (χ2n) is 4.27. The Morgan fingerprint density at radius 1 is 1.25 bits per heavy atom. The quantitative estimate of drug-likeness (QED) is 0.883. The summed E-state index contributed by atoms with van der Waals surface area (Å²) in [6, 6.07) is 12.2. The molecule has 0 aliphatic heterocycles. The van der Waals surface area contributed by atoms with Crippen LogP contribution in [0.25, 0.3) is 0 Å². The fraction of sp³-hybridized carbons (Fsp3) is 0.133. The third-order valence-electron chi connectivity index (χ3n) is 3.00. The molecule has 0 heterocycles. The molecular formula is C15H15ClN2O2. The first-order valence-electron chi connectivity index (χ1n) is 6.00. The first-order chi connectivity index (χ1) is 9.54. The molecule has 0 aromatic heterocycles. The van der Waals surface area contributed by atoms with Crippen LogP contribution in [0, 0.1) is 0 Å². The third kappa shape index (κ3) is 2.70. The number of carbonyl (C=O) groups is 1. The number of nitrogen functional groups attached to an aromatic ring is 1. The molecule has 0 aliphatic carbocycles. The van der Waals surface area contributed by atoms with Crippen molar-refractivity contribution in [3.05, 3.63) is 53.1 Å². The number of hydrogen-bond acceptors (Lipinski definition) is 3. The number of halogens is 1. The van der Waals surface area contributed by atoms with Gasteiger partial charge >= 0.3 is 0 Å². The van der Waals surface area contributed by atoms with E-state index in [1.165, 1.54) is 4.90 Å². The standard InChI is InChI=1S/C15H15ClN2O2/c1-18(10-5-3-6-11(9-10)20-2)15(19)14-12(16)7-4-8-13(14)17/h3-9H,17H2,1-2H3. The van der Waals surface area contributed by atoms with Crippen LogP contribution in [0.3, 0.4) is 0 Å². The van der Waals surface area contributed by atoms with Crippen LogP contribution in [0.15, 0.2) is 42.5 Å². The molecule has 0 atom stereocenters. The van der Waals surface area contributed by atoms with E-state index in [4.69, 9.17) is 22.1 Å². The summed E-state index contributed by atoms with van der Waals surface area (Å²) in [4.78, 5) is 14.0. The van der Waals surface area contributed by atoms with E-state index in [2.05, 4.69) is 0 Å². The van der Waals surface area contributed by atoms with Crippen molar-refractivity contribution in [2.75, 3.05) is 24.8 Å². The molecule has 0 saturated carbocycles. The van der Waals surface area contributed by atoms with Gasteiger partial charge in [0.1, 0.15) is 5.75 Å². The zero-order chi connectivity index (χ0) is 14.7. The fourth-order valence-electron chi connectivity index (χ4n) is 1.87. The summed E-state index contributed by atoms with van der Waals surface area (Å²) in [6.45, 7) is 0. The average molecular weight is 291 g/mol. The highest BCUT2D eigenvalue weighted by Gasteiger charge is 2.19. The highest BCUT2D eigenvalue weighted by molar-refractivity contribution is 6.35. The zero-order valence-corrected chi connectivity index (χ0v) is 12.0.